The minimum absolute atomic E-state index is 0.117. The van der Waals surface area contributed by atoms with E-state index in [1.165, 1.54) is 13.0 Å². The van der Waals surface area contributed by atoms with Gasteiger partial charge in [-0.2, -0.15) is 17.6 Å². The molecule has 1 saturated heterocycles. The van der Waals surface area contributed by atoms with E-state index < -0.39 is 30.0 Å². The summed E-state index contributed by atoms with van der Waals surface area (Å²) in [5.41, 5.74) is 3.28. The van der Waals surface area contributed by atoms with Gasteiger partial charge in [0, 0.05) is 12.0 Å². The standard InChI is InChI=1S/C21H16F4O3/c1-11(2)17(26)18(19-20(22,23)28-21(19,24)25)27-16-9-5-8-14-13-7-4-3-6-12(13)10-15(14)16/h3-9,18-19H,1,10H2,2H3. The molecule has 0 saturated carbocycles. The fourth-order valence-electron chi connectivity index (χ4n) is 3.69. The molecule has 1 atom stereocenters. The van der Waals surface area contributed by atoms with Crippen molar-refractivity contribution < 1.29 is 31.8 Å². The second-order valence-corrected chi connectivity index (χ2v) is 7.00. The molecule has 4 rings (SSSR count). The molecule has 0 aromatic heterocycles. The monoisotopic (exact) mass is 392 g/mol. The minimum Gasteiger partial charge on any atom is -0.481 e. The average molecular weight is 392 g/mol. The van der Waals surface area contributed by atoms with Crippen molar-refractivity contribution >= 4 is 5.78 Å². The summed E-state index contributed by atoms with van der Waals surface area (Å²) in [5, 5.41) is 0. The van der Waals surface area contributed by atoms with Gasteiger partial charge in [0.2, 0.25) is 0 Å². The van der Waals surface area contributed by atoms with Crippen LogP contribution in [0.15, 0.2) is 54.6 Å². The highest BCUT2D eigenvalue weighted by Crippen LogP contribution is 2.54. The quantitative estimate of drug-likeness (QED) is 0.454. The fourth-order valence-corrected chi connectivity index (χ4v) is 3.69. The van der Waals surface area contributed by atoms with Crippen molar-refractivity contribution in [3.63, 3.8) is 0 Å². The van der Waals surface area contributed by atoms with Gasteiger partial charge < -0.3 is 4.74 Å². The molecule has 0 radical (unpaired) electrons. The van der Waals surface area contributed by atoms with Gasteiger partial charge in [-0.1, -0.05) is 43.0 Å². The van der Waals surface area contributed by atoms with Gasteiger partial charge in [0.25, 0.3) is 0 Å². The van der Waals surface area contributed by atoms with Crippen molar-refractivity contribution in [1.82, 2.24) is 0 Å². The molecule has 146 valence electrons. The maximum atomic E-state index is 13.8. The zero-order valence-corrected chi connectivity index (χ0v) is 14.8. The molecular weight excluding hydrogens is 376 g/mol. The van der Waals surface area contributed by atoms with Gasteiger partial charge in [0.15, 0.2) is 17.8 Å². The van der Waals surface area contributed by atoms with Gasteiger partial charge in [-0.15, -0.1) is 0 Å². The van der Waals surface area contributed by atoms with E-state index in [1.807, 2.05) is 30.3 Å². The first-order chi connectivity index (χ1) is 13.1. The first-order valence-corrected chi connectivity index (χ1v) is 8.64. The SMILES string of the molecule is C=C(C)C(=O)C(Oc1cccc2c1Cc1ccccc1-2)C1C(F)(F)OC1(F)F. The summed E-state index contributed by atoms with van der Waals surface area (Å²) in [5.74, 6) is -3.63. The smallest absolute Gasteiger partial charge is 0.375 e. The van der Waals surface area contributed by atoms with Crippen molar-refractivity contribution in [2.45, 2.75) is 31.7 Å². The Labute approximate surface area is 158 Å². The first kappa shape index (κ1) is 18.7. The van der Waals surface area contributed by atoms with E-state index in [0.29, 0.717) is 12.0 Å². The summed E-state index contributed by atoms with van der Waals surface area (Å²) in [6, 6.07) is 12.5. The Bertz CT molecular complexity index is 969. The number of carbonyl (C=O) groups excluding carboxylic acids is 1. The Morgan fingerprint density at radius 3 is 2.39 bits per heavy atom. The van der Waals surface area contributed by atoms with Crippen LogP contribution in [-0.2, 0) is 16.0 Å². The highest BCUT2D eigenvalue weighted by molar-refractivity contribution is 5.98. The number of benzene rings is 2. The van der Waals surface area contributed by atoms with Crippen LogP contribution < -0.4 is 4.74 Å². The number of Topliss-reactive ketones (excluding diaryl/α,β-unsaturated/α-hetero) is 1. The molecule has 2 aromatic rings. The molecule has 0 amide bonds. The maximum Gasteiger partial charge on any atom is 0.375 e. The largest absolute Gasteiger partial charge is 0.481 e. The lowest BCUT2D eigenvalue weighted by molar-refractivity contribution is -0.523. The second kappa shape index (κ2) is 6.17. The number of alkyl halides is 4. The van der Waals surface area contributed by atoms with Crippen LogP contribution in [0.3, 0.4) is 0 Å². The van der Waals surface area contributed by atoms with Gasteiger partial charge >= 0.3 is 12.2 Å². The summed E-state index contributed by atoms with van der Waals surface area (Å²) < 4.78 is 64.1. The van der Waals surface area contributed by atoms with Gasteiger partial charge in [-0.05, 0) is 35.3 Å². The molecule has 2 aliphatic rings. The molecule has 28 heavy (non-hydrogen) atoms. The predicted octanol–water partition coefficient (Wildman–Crippen LogP) is 4.98. The summed E-state index contributed by atoms with van der Waals surface area (Å²) in [6.07, 6.45) is -10.0. The van der Waals surface area contributed by atoms with Gasteiger partial charge in [0.05, 0.1) is 0 Å². The highest BCUT2D eigenvalue weighted by Gasteiger charge is 2.75. The Hall–Kier alpha value is -2.67. The van der Waals surface area contributed by atoms with E-state index in [9.17, 15) is 22.4 Å². The van der Waals surface area contributed by atoms with Gasteiger partial charge in [-0.25, -0.2) is 0 Å². The van der Waals surface area contributed by atoms with E-state index in [0.717, 1.165) is 16.7 Å². The molecule has 1 heterocycles. The first-order valence-electron chi connectivity index (χ1n) is 8.64. The molecule has 0 bridgehead atoms. The molecule has 1 aliphatic heterocycles. The minimum atomic E-state index is -4.18. The Morgan fingerprint density at radius 2 is 1.75 bits per heavy atom. The molecule has 3 nitrogen and oxygen atoms in total. The molecule has 0 spiro atoms. The molecule has 2 aromatic carbocycles. The third-order valence-corrected chi connectivity index (χ3v) is 5.04. The Morgan fingerprint density at radius 1 is 1.11 bits per heavy atom. The molecular formula is C21H16F4O3. The van der Waals surface area contributed by atoms with Gasteiger partial charge in [0.1, 0.15) is 5.75 Å². The number of rotatable bonds is 5. The lowest BCUT2D eigenvalue weighted by Gasteiger charge is -2.45. The predicted molar refractivity (Wildman–Crippen MR) is 93.4 cm³/mol. The van der Waals surface area contributed by atoms with E-state index >= 15 is 0 Å². The Kier molecular flexibility index (Phi) is 4.12. The molecule has 7 heteroatoms. The summed E-state index contributed by atoms with van der Waals surface area (Å²) in [7, 11) is 0. The second-order valence-electron chi connectivity index (χ2n) is 7.00. The zero-order valence-electron chi connectivity index (χ0n) is 14.8. The van der Waals surface area contributed by atoms with E-state index in [2.05, 4.69) is 11.3 Å². The van der Waals surface area contributed by atoms with E-state index in [4.69, 9.17) is 4.74 Å². The van der Waals surface area contributed by atoms with Crippen LogP contribution in [0.1, 0.15) is 18.1 Å². The molecule has 1 fully saturated rings. The number of halogens is 4. The lowest BCUT2D eigenvalue weighted by atomic mass is 9.89. The van der Waals surface area contributed by atoms with Crippen LogP contribution >= 0.6 is 0 Å². The van der Waals surface area contributed by atoms with E-state index in [1.54, 1.807) is 6.07 Å². The van der Waals surface area contributed by atoms with Crippen LogP contribution in [0.4, 0.5) is 17.6 Å². The van der Waals surface area contributed by atoms with Gasteiger partial charge in [-0.3, -0.25) is 9.53 Å². The number of fused-ring (bicyclic) bond motifs is 3. The third kappa shape index (κ3) is 2.81. The molecule has 0 N–H and O–H groups in total. The Balaban J connectivity index is 1.74. The summed E-state index contributed by atoms with van der Waals surface area (Å²) in [6.45, 7) is 4.66. The summed E-state index contributed by atoms with van der Waals surface area (Å²) in [4.78, 5) is 12.4. The van der Waals surface area contributed by atoms with Crippen molar-refractivity contribution in [2.75, 3.05) is 0 Å². The topological polar surface area (TPSA) is 35.5 Å². The van der Waals surface area contributed by atoms with E-state index in [-0.39, 0.29) is 11.3 Å². The number of ketones is 1. The molecule has 1 unspecified atom stereocenters. The van der Waals surface area contributed by atoms with Crippen molar-refractivity contribution in [3.8, 4) is 16.9 Å². The maximum absolute atomic E-state index is 13.8. The van der Waals surface area contributed by atoms with Crippen LogP contribution in [0, 0.1) is 5.92 Å². The van der Waals surface area contributed by atoms with Crippen LogP contribution in [0.25, 0.3) is 11.1 Å². The van der Waals surface area contributed by atoms with Crippen molar-refractivity contribution in [1.29, 1.82) is 0 Å². The summed E-state index contributed by atoms with van der Waals surface area (Å²) >= 11 is 0. The average Bonchev–Trinajstić information content (AvgIpc) is 2.98. The van der Waals surface area contributed by atoms with Crippen LogP contribution in [0.2, 0.25) is 0 Å². The molecule has 1 aliphatic carbocycles. The van der Waals surface area contributed by atoms with Crippen molar-refractivity contribution in [3.05, 3.63) is 65.7 Å². The van der Waals surface area contributed by atoms with Crippen LogP contribution in [0.5, 0.6) is 5.75 Å². The number of ether oxygens (including phenoxy) is 2. The van der Waals surface area contributed by atoms with Crippen molar-refractivity contribution in [2.24, 2.45) is 5.92 Å². The number of hydrogen-bond donors (Lipinski definition) is 0. The fraction of sp³-hybridized carbons (Fsp3) is 0.286. The number of hydrogen-bond acceptors (Lipinski definition) is 3. The van der Waals surface area contributed by atoms with Crippen LogP contribution in [-0.4, -0.2) is 24.1 Å². The third-order valence-electron chi connectivity index (χ3n) is 5.04. The normalized spacial score (nSPS) is 19.9. The lowest BCUT2D eigenvalue weighted by Crippen LogP contribution is -2.66. The number of carbonyl (C=O) groups is 1. The highest BCUT2D eigenvalue weighted by atomic mass is 19.3. The zero-order chi connectivity index (χ0) is 20.3.